The predicted octanol–water partition coefficient (Wildman–Crippen LogP) is 3.66. The Morgan fingerprint density at radius 1 is 1.04 bits per heavy atom. The van der Waals surface area contributed by atoms with Gasteiger partial charge in [-0.05, 0) is 59.5 Å². The molecule has 2 aromatic carbocycles. The van der Waals surface area contributed by atoms with Crippen molar-refractivity contribution >= 4 is 23.5 Å². The molecule has 25 heavy (non-hydrogen) atoms. The molecule has 7 heteroatoms. The highest BCUT2D eigenvalue weighted by Crippen LogP contribution is 2.18. The van der Waals surface area contributed by atoms with Gasteiger partial charge >= 0.3 is 0 Å². The van der Waals surface area contributed by atoms with E-state index in [1.54, 1.807) is 28.2 Å². The normalized spacial score (nSPS) is 10.9. The van der Waals surface area contributed by atoms with Crippen LogP contribution in [0.25, 0.3) is 5.69 Å². The highest BCUT2D eigenvalue weighted by atomic mass is 32.2. The molecule has 0 fully saturated rings. The molecule has 0 aliphatic rings. The van der Waals surface area contributed by atoms with Gasteiger partial charge in [-0.2, -0.15) is 4.68 Å². The minimum atomic E-state index is 0.832. The summed E-state index contributed by atoms with van der Waals surface area (Å²) in [5, 5.41) is 16.3. The lowest BCUT2D eigenvalue weighted by Crippen LogP contribution is -2.15. The fourth-order valence-electron chi connectivity index (χ4n) is 2.34. The van der Waals surface area contributed by atoms with E-state index in [-0.39, 0.29) is 0 Å². The largest absolute Gasteiger partial charge is 0.313 e. The molecule has 0 unspecified atom stereocenters. The van der Waals surface area contributed by atoms with Crippen molar-refractivity contribution in [2.75, 3.05) is 18.6 Å². The van der Waals surface area contributed by atoms with Gasteiger partial charge in [-0.3, -0.25) is 0 Å². The molecule has 3 rings (SSSR count). The van der Waals surface area contributed by atoms with Crippen LogP contribution in [0.5, 0.6) is 0 Å². The van der Waals surface area contributed by atoms with E-state index in [9.17, 15) is 0 Å². The molecule has 0 radical (unpaired) electrons. The molecule has 0 bridgehead atoms. The average molecular weight is 372 g/mol. The third-order valence-electron chi connectivity index (χ3n) is 3.66. The SMILES string of the molecule is CSc1ccc(CNCCCSc2nnnn2-c2ccccc2)cc1. The summed E-state index contributed by atoms with van der Waals surface area (Å²) in [6.07, 6.45) is 3.16. The number of nitrogens with zero attached hydrogens (tertiary/aromatic N) is 4. The van der Waals surface area contributed by atoms with Gasteiger partial charge in [0.1, 0.15) is 0 Å². The van der Waals surface area contributed by atoms with Crippen LogP contribution in [0.15, 0.2) is 64.6 Å². The van der Waals surface area contributed by atoms with E-state index >= 15 is 0 Å². The number of aromatic nitrogens is 4. The molecule has 0 saturated heterocycles. The van der Waals surface area contributed by atoms with Gasteiger partial charge in [-0.25, -0.2) is 0 Å². The lowest BCUT2D eigenvalue weighted by molar-refractivity contribution is 0.677. The Labute approximate surface area is 156 Å². The summed E-state index contributed by atoms with van der Waals surface area (Å²) >= 11 is 3.45. The van der Waals surface area contributed by atoms with E-state index in [1.807, 2.05) is 30.3 Å². The lowest BCUT2D eigenvalue weighted by atomic mass is 10.2. The Hall–Kier alpha value is -1.83. The van der Waals surface area contributed by atoms with Crippen LogP contribution in [0.1, 0.15) is 12.0 Å². The maximum Gasteiger partial charge on any atom is 0.214 e. The number of hydrogen-bond donors (Lipinski definition) is 1. The minimum absolute atomic E-state index is 0.832. The molecule has 1 N–H and O–H groups in total. The Morgan fingerprint density at radius 3 is 2.60 bits per heavy atom. The number of para-hydroxylation sites is 1. The van der Waals surface area contributed by atoms with Crippen molar-refractivity contribution in [1.29, 1.82) is 0 Å². The molecule has 0 aliphatic heterocycles. The number of benzene rings is 2. The summed E-state index contributed by atoms with van der Waals surface area (Å²) in [4.78, 5) is 1.30. The third kappa shape index (κ3) is 5.32. The number of rotatable bonds is 9. The molecule has 0 amide bonds. The van der Waals surface area contributed by atoms with Crippen molar-refractivity contribution in [3.63, 3.8) is 0 Å². The molecule has 1 aromatic heterocycles. The minimum Gasteiger partial charge on any atom is -0.313 e. The second kappa shape index (κ2) is 9.60. The van der Waals surface area contributed by atoms with Crippen LogP contribution in [0.4, 0.5) is 0 Å². The van der Waals surface area contributed by atoms with Crippen LogP contribution < -0.4 is 5.32 Å². The van der Waals surface area contributed by atoms with Gasteiger partial charge in [0.25, 0.3) is 0 Å². The Bertz CT molecular complexity index is 759. The monoisotopic (exact) mass is 371 g/mol. The first-order valence-electron chi connectivity index (χ1n) is 8.17. The molecule has 0 saturated carbocycles. The second-order valence-corrected chi connectivity index (χ2v) is 7.38. The standard InChI is InChI=1S/C18H21N5S2/c1-24-17-10-8-15(9-11-17)14-19-12-5-13-25-18-20-21-22-23(18)16-6-3-2-4-7-16/h2-4,6-11,19H,5,12-14H2,1H3. The highest BCUT2D eigenvalue weighted by Gasteiger charge is 2.07. The topological polar surface area (TPSA) is 55.6 Å². The van der Waals surface area contributed by atoms with Crippen molar-refractivity contribution in [2.45, 2.75) is 23.0 Å². The van der Waals surface area contributed by atoms with E-state index in [0.29, 0.717) is 0 Å². The van der Waals surface area contributed by atoms with Gasteiger partial charge in [0.05, 0.1) is 5.69 Å². The van der Waals surface area contributed by atoms with Gasteiger partial charge in [0.15, 0.2) is 0 Å². The van der Waals surface area contributed by atoms with E-state index in [2.05, 4.69) is 51.4 Å². The first-order valence-corrected chi connectivity index (χ1v) is 10.4. The number of thioether (sulfide) groups is 2. The quantitative estimate of drug-likeness (QED) is 0.458. The van der Waals surface area contributed by atoms with Crippen molar-refractivity contribution < 1.29 is 0 Å². The maximum absolute atomic E-state index is 4.12. The average Bonchev–Trinajstić information content (AvgIpc) is 3.14. The number of tetrazole rings is 1. The molecule has 130 valence electrons. The van der Waals surface area contributed by atoms with E-state index < -0.39 is 0 Å². The van der Waals surface area contributed by atoms with Crippen molar-refractivity contribution in [3.05, 3.63) is 60.2 Å². The lowest BCUT2D eigenvalue weighted by Gasteiger charge is -2.06. The molecule has 0 spiro atoms. The van der Waals surface area contributed by atoms with E-state index in [0.717, 1.165) is 36.1 Å². The fraction of sp³-hybridized carbons (Fsp3) is 0.278. The summed E-state index contributed by atoms with van der Waals surface area (Å²) in [6.45, 7) is 1.88. The third-order valence-corrected chi connectivity index (χ3v) is 5.41. The zero-order valence-corrected chi connectivity index (χ0v) is 15.8. The van der Waals surface area contributed by atoms with Crippen LogP contribution in [0.2, 0.25) is 0 Å². The molecule has 1 heterocycles. The zero-order chi connectivity index (χ0) is 17.3. The smallest absolute Gasteiger partial charge is 0.214 e. The zero-order valence-electron chi connectivity index (χ0n) is 14.1. The molecule has 0 atom stereocenters. The Balaban J connectivity index is 1.38. The first-order chi connectivity index (χ1) is 12.4. The summed E-state index contributed by atoms with van der Waals surface area (Å²) in [5.41, 5.74) is 2.31. The first kappa shape index (κ1) is 18.0. The Kier molecular flexibility index (Phi) is 6.90. The number of hydrogen-bond acceptors (Lipinski definition) is 6. The molecule has 0 aliphatic carbocycles. The predicted molar refractivity (Wildman–Crippen MR) is 104 cm³/mol. The van der Waals surface area contributed by atoms with Crippen molar-refractivity contribution in [2.24, 2.45) is 0 Å². The fourth-order valence-corrected chi connectivity index (χ4v) is 3.57. The van der Waals surface area contributed by atoms with Crippen LogP contribution >= 0.6 is 23.5 Å². The number of nitrogens with one attached hydrogen (secondary N) is 1. The second-order valence-electron chi connectivity index (χ2n) is 5.44. The molecule has 3 aromatic rings. The summed E-state index contributed by atoms with van der Waals surface area (Å²) in [6, 6.07) is 18.7. The van der Waals surface area contributed by atoms with Gasteiger partial charge in [-0.1, -0.05) is 42.1 Å². The van der Waals surface area contributed by atoms with Crippen LogP contribution in [0, 0.1) is 0 Å². The highest BCUT2D eigenvalue weighted by molar-refractivity contribution is 7.99. The van der Waals surface area contributed by atoms with Crippen LogP contribution in [0.3, 0.4) is 0 Å². The van der Waals surface area contributed by atoms with Gasteiger partial charge in [0, 0.05) is 17.2 Å². The Morgan fingerprint density at radius 2 is 1.84 bits per heavy atom. The molecular formula is C18H21N5S2. The van der Waals surface area contributed by atoms with Crippen LogP contribution in [-0.2, 0) is 6.54 Å². The summed E-state index contributed by atoms with van der Waals surface area (Å²) in [5.74, 6) is 0.978. The van der Waals surface area contributed by atoms with E-state index in [4.69, 9.17) is 0 Å². The van der Waals surface area contributed by atoms with Gasteiger partial charge < -0.3 is 5.32 Å². The summed E-state index contributed by atoms with van der Waals surface area (Å²) < 4.78 is 1.78. The summed E-state index contributed by atoms with van der Waals surface area (Å²) in [7, 11) is 0. The van der Waals surface area contributed by atoms with Crippen molar-refractivity contribution in [3.8, 4) is 5.69 Å². The van der Waals surface area contributed by atoms with E-state index in [1.165, 1.54) is 10.5 Å². The molecular weight excluding hydrogens is 350 g/mol. The van der Waals surface area contributed by atoms with Crippen molar-refractivity contribution in [1.82, 2.24) is 25.5 Å². The maximum atomic E-state index is 4.12. The van der Waals surface area contributed by atoms with Crippen LogP contribution in [-0.4, -0.2) is 38.8 Å². The van der Waals surface area contributed by atoms with Gasteiger partial charge in [0.2, 0.25) is 5.16 Å². The molecule has 5 nitrogen and oxygen atoms in total. The van der Waals surface area contributed by atoms with Gasteiger partial charge in [-0.15, -0.1) is 16.9 Å².